The van der Waals surface area contributed by atoms with Crippen molar-refractivity contribution in [2.24, 2.45) is 0 Å². The minimum atomic E-state index is -0.474. The van der Waals surface area contributed by atoms with Crippen LogP contribution in [0.5, 0.6) is 5.75 Å². The molecule has 1 saturated heterocycles. The van der Waals surface area contributed by atoms with Gasteiger partial charge >= 0.3 is 0 Å². The van der Waals surface area contributed by atoms with E-state index in [2.05, 4.69) is 12.1 Å². The van der Waals surface area contributed by atoms with Gasteiger partial charge in [-0.2, -0.15) is 0 Å². The highest BCUT2D eigenvalue weighted by atomic mass is 19.1. The summed E-state index contributed by atoms with van der Waals surface area (Å²) in [6.45, 7) is 1.55. The molecule has 1 amide bonds. The van der Waals surface area contributed by atoms with Crippen LogP contribution in [0.1, 0.15) is 15.9 Å². The number of carbonyl (C=O) groups excluding carboxylic acids is 1. The van der Waals surface area contributed by atoms with Crippen molar-refractivity contribution in [2.75, 3.05) is 26.8 Å². The fourth-order valence-corrected chi connectivity index (χ4v) is 2.88. The number of amides is 1. The molecule has 1 heterocycles. The van der Waals surface area contributed by atoms with Gasteiger partial charge in [0.2, 0.25) is 0 Å². The molecule has 0 N–H and O–H groups in total. The number of benzene rings is 2. The molecule has 0 aromatic heterocycles. The van der Waals surface area contributed by atoms with E-state index < -0.39 is 5.82 Å². The number of morpholine rings is 1. The number of nitrogens with zero attached hydrogens (tertiary/aromatic N) is 1. The topological polar surface area (TPSA) is 38.8 Å². The van der Waals surface area contributed by atoms with Gasteiger partial charge < -0.3 is 14.4 Å². The molecular formula is C19H20FNO3. The molecule has 1 unspecified atom stereocenters. The van der Waals surface area contributed by atoms with Crippen molar-refractivity contribution in [1.82, 2.24) is 4.90 Å². The maximum absolute atomic E-state index is 13.5. The highest BCUT2D eigenvalue weighted by Crippen LogP contribution is 2.20. The Morgan fingerprint density at radius 1 is 1.29 bits per heavy atom. The Hall–Kier alpha value is -2.40. The second-order valence-electron chi connectivity index (χ2n) is 5.78. The molecule has 0 saturated carbocycles. The fraction of sp³-hybridized carbons (Fsp3) is 0.316. The van der Waals surface area contributed by atoms with Gasteiger partial charge in [0, 0.05) is 25.1 Å². The molecule has 1 aliphatic heterocycles. The first-order chi connectivity index (χ1) is 11.7. The van der Waals surface area contributed by atoms with Crippen LogP contribution in [0.2, 0.25) is 0 Å². The van der Waals surface area contributed by atoms with E-state index in [-0.39, 0.29) is 17.8 Å². The van der Waals surface area contributed by atoms with Crippen LogP contribution in [0.4, 0.5) is 4.39 Å². The van der Waals surface area contributed by atoms with Crippen LogP contribution in [-0.4, -0.2) is 43.7 Å². The molecule has 126 valence electrons. The lowest BCUT2D eigenvalue weighted by atomic mass is 10.1. The molecule has 1 atom stereocenters. The molecule has 1 aliphatic rings. The number of hydrogen-bond acceptors (Lipinski definition) is 3. The van der Waals surface area contributed by atoms with Gasteiger partial charge in [-0.15, -0.1) is 0 Å². The van der Waals surface area contributed by atoms with E-state index >= 15 is 0 Å². The van der Waals surface area contributed by atoms with Crippen LogP contribution >= 0.6 is 0 Å². The minimum absolute atomic E-state index is 0.0348. The number of carbonyl (C=O) groups is 1. The average Bonchev–Trinajstić information content (AvgIpc) is 2.62. The monoisotopic (exact) mass is 329 g/mol. The predicted octanol–water partition coefficient (Wildman–Crippen LogP) is 2.92. The summed E-state index contributed by atoms with van der Waals surface area (Å²) in [6, 6.07) is 14.2. The minimum Gasteiger partial charge on any atom is -0.494 e. The largest absolute Gasteiger partial charge is 0.494 e. The molecule has 0 aliphatic carbocycles. The second-order valence-corrected chi connectivity index (χ2v) is 5.78. The van der Waals surface area contributed by atoms with Gasteiger partial charge in [-0.1, -0.05) is 30.3 Å². The van der Waals surface area contributed by atoms with Gasteiger partial charge in [0.1, 0.15) is 0 Å². The van der Waals surface area contributed by atoms with E-state index in [9.17, 15) is 9.18 Å². The summed E-state index contributed by atoms with van der Waals surface area (Å²) in [5, 5.41) is 0. The Labute approximate surface area is 140 Å². The van der Waals surface area contributed by atoms with Gasteiger partial charge in [-0.05, 0) is 23.8 Å². The average molecular weight is 329 g/mol. The molecule has 2 aromatic carbocycles. The maximum Gasteiger partial charge on any atom is 0.254 e. The van der Waals surface area contributed by atoms with Crippen LogP contribution in [-0.2, 0) is 11.2 Å². The third-order valence-electron chi connectivity index (χ3n) is 4.13. The zero-order valence-corrected chi connectivity index (χ0v) is 13.6. The Kier molecular flexibility index (Phi) is 5.11. The van der Waals surface area contributed by atoms with Crippen molar-refractivity contribution in [2.45, 2.75) is 12.5 Å². The quantitative estimate of drug-likeness (QED) is 0.866. The zero-order chi connectivity index (χ0) is 16.9. The van der Waals surface area contributed by atoms with Crippen LogP contribution in [0.25, 0.3) is 0 Å². The van der Waals surface area contributed by atoms with E-state index in [1.165, 1.54) is 30.9 Å². The molecule has 0 radical (unpaired) electrons. The first-order valence-corrected chi connectivity index (χ1v) is 7.95. The van der Waals surface area contributed by atoms with Crippen LogP contribution < -0.4 is 4.74 Å². The zero-order valence-electron chi connectivity index (χ0n) is 13.6. The van der Waals surface area contributed by atoms with Gasteiger partial charge in [0.05, 0.1) is 19.8 Å². The summed E-state index contributed by atoms with van der Waals surface area (Å²) in [7, 11) is 1.39. The Balaban J connectivity index is 1.69. The van der Waals surface area contributed by atoms with Crippen LogP contribution in [0.15, 0.2) is 48.5 Å². The van der Waals surface area contributed by atoms with Gasteiger partial charge in [-0.3, -0.25) is 4.79 Å². The SMILES string of the molecule is COc1cc(C(=O)N2CCOC(Cc3ccccc3)C2)ccc1F. The van der Waals surface area contributed by atoms with E-state index in [0.717, 1.165) is 6.42 Å². The Bertz CT molecular complexity index is 705. The van der Waals surface area contributed by atoms with Gasteiger partial charge in [0.25, 0.3) is 5.91 Å². The first kappa shape index (κ1) is 16.5. The summed E-state index contributed by atoms with van der Waals surface area (Å²) in [5.41, 5.74) is 1.61. The lowest BCUT2D eigenvalue weighted by molar-refractivity contribution is -0.0208. The van der Waals surface area contributed by atoms with Crippen molar-refractivity contribution in [3.8, 4) is 5.75 Å². The first-order valence-electron chi connectivity index (χ1n) is 7.95. The van der Waals surface area contributed by atoms with Crippen molar-refractivity contribution in [1.29, 1.82) is 0 Å². The Morgan fingerprint density at radius 2 is 2.08 bits per heavy atom. The van der Waals surface area contributed by atoms with Crippen LogP contribution in [0, 0.1) is 5.82 Å². The number of methoxy groups -OCH3 is 1. The summed E-state index contributed by atoms with van der Waals surface area (Å²) in [6.07, 6.45) is 0.726. The Morgan fingerprint density at radius 3 is 2.83 bits per heavy atom. The number of ether oxygens (including phenoxy) is 2. The summed E-state index contributed by atoms with van der Waals surface area (Å²) in [5.74, 6) is -0.525. The number of halogens is 1. The van der Waals surface area contributed by atoms with E-state index in [0.29, 0.717) is 25.3 Å². The second kappa shape index (κ2) is 7.45. The molecule has 5 heteroatoms. The third kappa shape index (κ3) is 3.74. The lowest BCUT2D eigenvalue weighted by Gasteiger charge is -2.33. The van der Waals surface area contributed by atoms with E-state index in [1.54, 1.807) is 4.90 Å². The third-order valence-corrected chi connectivity index (χ3v) is 4.13. The van der Waals surface area contributed by atoms with Crippen molar-refractivity contribution >= 4 is 5.91 Å². The molecular weight excluding hydrogens is 309 g/mol. The molecule has 0 spiro atoms. The van der Waals surface area contributed by atoms with E-state index in [4.69, 9.17) is 9.47 Å². The van der Waals surface area contributed by atoms with Crippen molar-refractivity contribution < 1.29 is 18.7 Å². The van der Waals surface area contributed by atoms with Gasteiger partial charge in [-0.25, -0.2) is 4.39 Å². The molecule has 3 rings (SSSR count). The maximum atomic E-state index is 13.5. The summed E-state index contributed by atoms with van der Waals surface area (Å²) < 4.78 is 24.2. The smallest absolute Gasteiger partial charge is 0.254 e. The number of rotatable bonds is 4. The van der Waals surface area contributed by atoms with Gasteiger partial charge in [0.15, 0.2) is 11.6 Å². The number of hydrogen-bond donors (Lipinski definition) is 0. The standard InChI is InChI=1S/C19H20FNO3/c1-23-18-12-15(7-8-17(18)20)19(22)21-9-10-24-16(13-21)11-14-5-3-2-4-6-14/h2-8,12,16H,9-11,13H2,1H3. The molecule has 24 heavy (non-hydrogen) atoms. The molecule has 4 nitrogen and oxygen atoms in total. The summed E-state index contributed by atoms with van der Waals surface area (Å²) >= 11 is 0. The summed E-state index contributed by atoms with van der Waals surface area (Å²) in [4.78, 5) is 14.4. The van der Waals surface area contributed by atoms with E-state index in [1.807, 2.05) is 18.2 Å². The van der Waals surface area contributed by atoms with Crippen molar-refractivity contribution in [3.63, 3.8) is 0 Å². The molecule has 2 aromatic rings. The predicted molar refractivity (Wildman–Crippen MR) is 88.7 cm³/mol. The fourth-order valence-electron chi connectivity index (χ4n) is 2.88. The van der Waals surface area contributed by atoms with Crippen LogP contribution in [0.3, 0.4) is 0 Å². The highest BCUT2D eigenvalue weighted by Gasteiger charge is 2.25. The molecule has 1 fully saturated rings. The van der Waals surface area contributed by atoms with Crippen molar-refractivity contribution in [3.05, 3.63) is 65.5 Å². The highest BCUT2D eigenvalue weighted by molar-refractivity contribution is 5.94. The normalized spacial score (nSPS) is 17.6. The lowest BCUT2D eigenvalue weighted by Crippen LogP contribution is -2.46. The molecule has 0 bridgehead atoms.